The zero-order chi connectivity index (χ0) is 16.3. The molecule has 5 rings (SSSR count). The normalized spacial score (nSPS) is 24.1. The standard InChI is InChI=1S/C15H18N8O/c1-21-12(19-20-15(21)24)11-10(9-2-3-9)4-6-22(11)13-14-17-8-18-23(14)7-5-16-13/h5,7-11H,2-4,6H2,1H3,(H,20,24). The van der Waals surface area contributed by atoms with Gasteiger partial charge >= 0.3 is 5.69 Å². The monoisotopic (exact) mass is 326 g/mol. The van der Waals surface area contributed by atoms with Gasteiger partial charge in [-0.15, -0.1) is 0 Å². The summed E-state index contributed by atoms with van der Waals surface area (Å²) in [5, 5.41) is 11.1. The topological polar surface area (TPSA) is 97.0 Å². The van der Waals surface area contributed by atoms with Gasteiger partial charge in [-0.05, 0) is 31.1 Å². The van der Waals surface area contributed by atoms with E-state index >= 15 is 0 Å². The Morgan fingerprint density at radius 1 is 1.25 bits per heavy atom. The molecule has 2 unspecified atom stereocenters. The van der Waals surface area contributed by atoms with Gasteiger partial charge in [0.1, 0.15) is 6.33 Å². The van der Waals surface area contributed by atoms with Crippen molar-refractivity contribution in [2.75, 3.05) is 11.4 Å². The van der Waals surface area contributed by atoms with E-state index in [0.29, 0.717) is 11.8 Å². The second kappa shape index (κ2) is 4.89. The Morgan fingerprint density at radius 2 is 2.12 bits per heavy atom. The Bertz CT molecular complexity index is 952. The van der Waals surface area contributed by atoms with Crippen molar-refractivity contribution < 1.29 is 0 Å². The van der Waals surface area contributed by atoms with Crippen molar-refractivity contribution >= 4 is 11.5 Å². The van der Waals surface area contributed by atoms with E-state index in [9.17, 15) is 4.79 Å². The average molecular weight is 326 g/mol. The van der Waals surface area contributed by atoms with E-state index in [0.717, 1.165) is 30.3 Å². The molecular formula is C15H18N8O. The van der Waals surface area contributed by atoms with E-state index in [1.54, 1.807) is 28.5 Å². The van der Waals surface area contributed by atoms with Crippen LogP contribution in [0.25, 0.3) is 5.65 Å². The molecular weight excluding hydrogens is 308 g/mol. The zero-order valence-electron chi connectivity index (χ0n) is 13.3. The maximum Gasteiger partial charge on any atom is 0.343 e. The molecule has 0 amide bonds. The Morgan fingerprint density at radius 3 is 2.88 bits per heavy atom. The van der Waals surface area contributed by atoms with Crippen LogP contribution in [-0.2, 0) is 7.05 Å². The van der Waals surface area contributed by atoms with Crippen molar-refractivity contribution in [3.8, 4) is 0 Å². The lowest BCUT2D eigenvalue weighted by molar-refractivity contribution is 0.405. The molecule has 3 aromatic heterocycles. The summed E-state index contributed by atoms with van der Waals surface area (Å²) in [5.74, 6) is 2.78. The molecule has 9 heteroatoms. The van der Waals surface area contributed by atoms with E-state index < -0.39 is 0 Å². The largest absolute Gasteiger partial charge is 0.343 e. The number of hydrogen-bond donors (Lipinski definition) is 1. The van der Waals surface area contributed by atoms with Crippen LogP contribution in [0.1, 0.15) is 31.1 Å². The van der Waals surface area contributed by atoms with Crippen LogP contribution in [0.15, 0.2) is 23.5 Å². The molecule has 4 heterocycles. The predicted octanol–water partition coefficient (Wildman–Crippen LogP) is 0.524. The van der Waals surface area contributed by atoms with Crippen molar-refractivity contribution in [2.24, 2.45) is 18.9 Å². The molecule has 9 nitrogen and oxygen atoms in total. The third kappa shape index (κ3) is 1.90. The van der Waals surface area contributed by atoms with Gasteiger partial charge < -0.3 is 4.90 Å². The summed E-state index contributed by atoms with van der Waals surface area (Å²) < 4.78 is 3.34. The SMILES string of the molecule is Cn1c(C2C(C3CC3)CCN2c2nccn3ncnc23)n[nH]c1=O. The molecule has 2 fully saturated rings. The molecule has 0 spiro atoms. The fourth-order valence-electron chi connectivity index (χ4n) is 3.97. The summed E-state index contributed by atoms with van der Waals surface area (Å²) in [4.78, 5) is 23.0. The van der Waals surface area contributed by atoms with Crippen LogP contribution in [-0.4, -0.2) is 40.9 Å². The van der Waals surface area contributed by atoms with Crippen molar-refractivity contribution in [1.82, 2.24) is 34.3 Å². The minimum atomic E-state index is -0.181. The van der Waals surface area contributed by atoms with Crippen molar-refractivity contribution in [2.45, 2.75) is 25.3 Å². The summed E-state index contributed by atoms with van der Waals surface area (Å²) in [6.45, 7) is 0.881. The summed E-state index contributed by atoms with van der Waals surface area (Å²) in [6.07, 6.45) is 8.66. The number of rotatable bonds is 3. The quantitative estimate of drug-likeness (QED) is 0.754. The first-order valence-electron chi connectivity index (χ1n) is 8.26. The van der Waals surface area contributed by atoms with E-state index in [2.05, 4.69) is 30.2 Å². The average Bonchev–Trinajstić information content (AvgIpc) is 3.02. The highest BCUT2D eigenvalue weighted by molar-refractivity contribution is 5.64. The number of nitrogens with one attached hydrogen (secondary N) is 1. The van der Waals surface area contributed by atoms with Crippen LogP contribution in [0.5, 0.6) is 0 Å². The number of anilines is 1. The summed E-state index contributed by atoms with van der Waals surface area (Å²) in [6, 6.07) is 0.0388. The zero-order valence-corrected chi connectivity index (χ0v) is 13.3. The smallest absolute Gasteiger partial charge is 0.343 e. The van der Waals surface area contributed by atoms with Crippen LogP contribution >= 0.6 is 0 Å². The molecule has 2 aliphatic rings. The fraction of sp³-hybridized carbons (Fsp3) is 0.533. The van der Waals surface area contributed by atoms with Gasteiger partial charge in [0.05, 0.1) is 6.04 Å². The van der Waals surface area contributed by atoms with Gasteiger partial charge in [0, 0.05) is 26.0 Å². The lowest BCUT2D eigenvalue weighted by Gasteiger charge is -2.28. The number of aromatic nitrogens is 7. The first-order chi connectivity index (χ1) is 11.7. The van der Waals surface area contributed by atoms with E-state index in [1.807, 2.05) is 0 Å². The van der Waals surface area contributed by atoms with Crippen LogP contribution in [0, 0.1) is 11.8 Å². The van der Waals surface area contributed by atoms with Crippen molar-refractivity contribution in [3.63, 3.8) is 0 Å². The highest BCUT2D eigenvalue weighted by Gasteiger charge is 2.46. The first kappa shape index (κ1) is 13.7. The Labute approximate surface area is 137 Å². The van der Waals surface area contributed by atoms with Crippen LogP contribution in [0.4, 0.5) is 5.82 Å². The summed E-state index contributed by atoms with van der Waals surface area (Å²) >= 11 is 0. The molecule has 1 saturated heterocycles. The molecule has 1 N–H and O–H groups in total. The van der Waals surface area contributed by atoms with Gasteiger partial charge in [-0.1, -0.05) is 0 Å². The molecule has 124 valence electrons. The minimum absolute atomic E-state index is 0.0388. The molecule has 1 saturated carbocycles. The molecule has 1 aliphatic carbocycles. The lowest BCUT2D eigenvalue weighted by atomic mass is 9.94. The Kier molecular flexibility index (Phi) is 2.79. The summed E-state index contributed by atoms with van der Waals surface area (Å²) in [5.41, 5.74) is 0.555. The maximum atomic E-state index is 11.9. The third-order valence-corrected chi connectivity index (χ3v) is 5.30. The Balaban J connectivity index is 1.65. The van der Waals surface area contributed by atoms with Gasteiger partial charge in [0.15, 0.2) is 17.3 Å². The fourth-order valence-corrected chi connectivity index (χ4v) is 3.97. The van der Waals surface area contributed by atoms with Gasteiger partial charge in [0.25, 0.3) is 0 Å². The Hall–Kier alpha value is -2.71. The number of hydrogen-bond acceptors (Lipinski definition) is 6. The molecule has 3 aromatic rings. The van der Waals surface area contributed by atoms with Crippen molar-refractivity contribution in [1.29, 1.82) is 0 Å². The molecule has 2 atom stereocenters. The van der Waals surface area contributed by atoms with Gasteiger partial charge in [0.2, 0.25) is 0 Å². The van der Waals surface area contributed by atoms with Crippen LogP contribution in [0.3, 0.4) is 0 Å². The van der Waals surface area contributed by atoms with Crippen molar-refractivity contribution in [3.05, 3.63) is 35.0 Å². The van der Waals surface area contributed by atoms with Gasteiger partial charge in [-0.25, -0.2) is 24.4 Å². The lowest BCUT2D eigenvalue weighted by Crippen LogP contribution is -2.30. The second-order valence-electron chi connectivity index (χ2n) is 6.65. The highest BCUT2D eigenvalue weighted by Crippen LogP contribution is 2.50. The molecule has 1 aliphatic heterocycles. The molecule has 0 radical (unpaired) electrons. The molecule has 24 heavy (non-hydrogen) atoms. The van der Waals surface area contributed by atoms with Crippen LogP contribution in [0.2, 0.25) is 0 Å². The maximum absolute atomic E-state index is 11.9. The van der Waals surface area contributed by atoms with E-state index in [-0.39, 0.29) is 11.7 Å². The van der Waals surface area contributed by atoms with Crippen LogP contribution < -0.4 is 10.6 Å². The predicted molar refractivity (Wildman–Crippen MR) is 85.5 cm³/mol. The number of H-pyrrole nitrogens is 1. The van der Waals surface area contributed by atoms with Gasteiger partial charge in [-0.2, -0.15) is 10.2 Å². The van der Waals surface area contributed by atoms with E-state index in [4.69, 9.17) is 0 Å². The highest BCUT2D eigenvalue weighted by atomic mass is 16.1. The van der Waals surface area contributed by atoms with Gasteiger partial charge in [-0.3, -0.25) is 4.57 Å². The number of nitrogens with zero attached hydrogens (tertiary/aromatic N) is 7. The van der Waals surface area contributed by atoms with E-state index in [1.165, 1.54) is 19.2 Å². The summed E-state index contributed by atoms with van der Waals surface area (Å²) in [7, 11) is 1.77. The number of aromatic amines is 1. The minimum Gasteiger partial charge on any atom is -0.343 e. The first-order valence-corrected chi connectivity index (χ1v) is 8.26. The molecule has 0 bridgehead atoms. The third-order valence-electron chi connectivity index (χ3n) is 5.30. The molecule has 0 aromatic carbocycles. The second-order valence-corrected chi connectivity index (χ2v) is 6.65. The number of fused-ring (bicyclic) bond motifs is 1.